The molecule has 5 nitrogen and oxygen atoms in total. The largest absolute Gasteiger partial charge is 0.497 e. The second-order valence-electron chi connectivity index (χ2n) is 8.18. The summed E-state index contributed by atoms with van der Waals surface area (Å²) in [4.78, 5) is 30.8. The van der Waals surface area contributed by atoms with E-state index in [4.69, 9.17) is 4.74 Å². The Labute approximate surface area is 191 Å². The van der Waals surface area contributed by atoms with Gasteiger partial charge in [0.25, 0.3) is 11.5 Å². The minimum Gasteiger partial charge on any atom is -0.497 e. The van der Waals surface area contributed by atoms with Crippen molar-refractivity contribution in [3.8, 4) is 5.75 Å². The third kappa shape index (κ3) is 4.95. The van der Waals surface area contributed by atoms with E-state index in [1.54, 1.807) is 12.0 Å². The van der Waals surface area contributed by atoms with Crippen LogP contribution in [0.4, 0.5) is 4.39 Å². The Hall–Kier alpha value is -3.93. The Morgan fingerprint density at radius 1 is 0.970 bits per heavy atom. The number of H-pyrrole nitrogens is 1. The van der Waals surface area contributed by atoms with Crippen molar-refractivity contribution in [2.75, 3.05) is 7.11 Å². The molecule has 1 N–H and O–H groups in total. The number of aryl methyl sites for hydroxylation is 2. The van der Waals surface area contributed by atoms with Gasteiger partial charge in [0, 0.05) is 28.6 Å². The van der Waals surface area contributed by atoms with Gasteiger partial charge in [-0.05, 0) is 79.1 Å². The Morgan fingerprint density at radius 3 is 2.33 bits per heavy atom. The monoisotopic (exact) mass is 444 g/mol. The maximum absolute atomic E-state index is 13.4. The number of hydrogen-bond acceptors (Lipinski definition) is 3. The number of amides is 1. The Balaban J connectivity index is 1.72. The number of hydrogen-bond donors (Lipinski definition) is 1. The molecule has 168 valence electrons. The molecule has 0 bridgehead atoms. The van der Waals surface area contributed by atoms with Crippen molar-refractivity contribution in [1.29, 1.82) is 0 Å². The van der Waals surface area contributed by atoms with Gasteiger partial charge in [-0.3, -0.25) is 9.59 Å². The smallest absolute Gasteiger partial charge is 0.254 e. The number of methoxy groups -OCH3 is 1. The molecule has 0 radical (unpaired) electrons. The normalized spacial score (nSPS) is 10.9. The molecule has 4 aromatic rings. The van der Waals surface area contributed by atoms with Crippen molar-refractivity contribution in [2.45, 2.75) is 26.9 Å². The maximum atomic E-state index is 13.4. The molecule has 0 atom stereocenters. The third-order valence-electron chi connectivity index (χ3n) is 5.66. The lowest BCUT2D eigenvalue weighted by Crippen LogP contribution is -2.32. The molecular weight excluding hydrogens is 419 g/mol. The van der Waals surface area contributed by atoms with Crippen molar-refractivity contribution in [2.24, 2.45) is 0 Å². The average molecular weight is 445 g/mol. The Morgan fingerprint density at radius 2 is 1.67 bits per heavy atom. The fraction of sp³-hybridized carbons (Fsp3) is 0.185. The van der Waals surface area contributed by atoms with Crippen LogP contribution < -0.4 is 10.3 Å². The first-order chi connectivity index (χ1) is 15.8. The number of aromatic amines is 1. The van der Waals surface area contributed by atoms with Crippen molar-refractivity contribution < 1.29 is 13.9 Å². The molecule has 1 amide bonds. The van der Waals surface area contributed by atoms with Crippen LogP contribution in [0.2, 0.25) is 0 Å². The van der Waals surface area contributed by atoms with Crippen LogP contribution >= 0.6 is 0 Å². The van der Waals surface area contributed by atoms with E-state index in [-0.39, 0.29) is 24.6 Å². The minimum atomic E-state index is -0.412. The van der Waals surface area contributed by atoms with Gasteiger partial charge >= 0.3 is 0 Å². The van der Waals surface area contributed by atoms with E-state index in [0.717, 1.165) is 27.6 Å². The first-order valence-corrected chi connectivity index (χ1v) is 10.6. The third-order valence-corrected chi connectivity index (χ3v) is 5.66. The molecule has 0 aliphatic carbocycles. The zero-order chi connectivity index (χ0) is 23.5. The van der Waals surface area contributed by atoms with Crippen LogP contribution in [0.25, 0.3) is 10.9 Å². The number of carbonyl (C=O) groups excluding carboxylic acids is 1. The predicted octanol–water partition coefficient (Wildman–Crippen LogP) is 5.14. The first-order valence-electron chi connectivity index (χ1n) is 10.6. The van der Waals surface area contributed by atoms with E-state index in [2.05, 4.69) is 11.1 Å². The summed E-state index contributed by atoms with van der Waals surface area (Å²) in [5.41, 5.74) is 4.37. The highest BCUT2D eigenvalue weighted by Gasteiger charge is 2.19. The van der Waals surface area contributed by atoms with Gasteiger partial charge in [0.05, 0.1) is 13.7 Å². The SMILES string of the molecule is COc1ccc(CN(Cc2cc3c(C)cc(C)cc3[nH]c2=O)C(=O)c2ccc(F)cc2)cc1. The molecule has 1 aromatic heterocycles. The van der Waals surface area contributed by atoms with E-state index in [0.29, 0.717) is 16.9 Å². The van der Waals surface area contributed by atoms with Gasteiger partial charge in [-0.25, -0.2) is 4.39 Å². The lowest BCUT2D eigenvalue weighted by molar-refractivity contribution is 0.0729. The van der Waals surface area contributed by atoms with Crippen LogP contribution in [0.3, 0.4) is 0 Å². The van der Waals surface area contributed by atoms with Crippen LogP contribution in [0, 0.1) is 19.7 Å². The Kier molecular flexibility index (Phi) is 6.27. The van der Waals surface area contributed by atoms with Crippen LogP contribution in [-0.4, -0.2) is 22.9 Å². The number of carbonyl (C=O) groups is 1. The van der Waals surface area contributed by atoms with E-state index in [1.165, 1.54) is 24.3 Å². The molecule has 0 fully saturated rings. The van der Waals surface area contributed by atoms with Crippen molar-refractivity contribution in [1.82, 2.24) is 9.88 Å². The number of ether oxygens (including phenoxy) is 1. The quantitative estimate of drug-likeness (QED) is 0.448. The molecular formula is C27H25FN2O3. The molecule has 4 rings (SSSR count). The Bertz CT molecular complexity index is 1360. The van der Waals surface area contributed by atoms with Gasteiger partial charge in [0.1, 0.15) is 11.6 Å². The van der Waals surface area contributed by atoms with E-state index < -0.39 is 5.82 Å². The fourth-order valence-corrected chi connectivity index (χ4v) is 3.97. The summed E-state index contributed by atoms with van der Waals surface area (Å²) in [6.45, 7) is 4.37. The molecule has 0 saturated heterocycles. The summed E-state index contributed by atoms with van der Waals surface area (Å²) >= 11 is 0. The second-order valence-corrected chi connectivity index (χ2v) is 8.18. The molecule has 0 spiro atoms. The number of fused-ring (bicyclic) bond motifs is 1. The van der Waals surface area contributed by atoms with Crippen LogP contribution in [0.15, 0.2) is 71.5 Å². The molecule has 0 aliphatic heterocycles. The molecule has 33 heavy (non-hydrogen) atoms. The molecule has 3 aromatic carbocycles. The fourth-order valence-electron chi connectivity index (χ4n) is 3.97. The van der Waals surface area contributed by atoms with Gasteiger partial charge in [-0.1, -0.05) is 18.2 Å². The highest BCUT2D eigenvalue weighted by molar-refractivity contribution is 5.94. The van der Waals surface area contributed by atoms with Gasteiger partial charge < -0.3 is 14.6 Å². The molecule has 0 aliphatic rings. The van der Waals surface area contributed by atoms with E-state index >= 15 is 0 Å². The van der Waals surface area contributed by atoms with Gasteiger partial charge in [0.2, 0.25) is 0 Å². The molecule has 1 heterocycles. The highest BCUT2D eigenvalue weighted by Crippen LogP contribution is 2.21. The van der Waals surface area contributed by atoms with Crippen molar-refractivity contribution in [3.05, 3.63) is 111 Å². The van der Waals surface area contributed by atoms with Gasteiger partial charge in [-0.2, -0.15) is 0 Å². The first kappa shape index (κ1) is 22.3. The zero-order valence-electron chi connectivity index (χ0n) is 18.8. The summed E-state index contributed by atoms with van der Waals surface area (Å²) in [6.07, 6.45) is 0. The van der Waals surface area contributed by atoms with Crippen LogP contribution in [-0.2, 0) is 13.1 Å². The van der Waals surface area contributed by atoms with Gasteiger partial charge in [-0.15, -0.1) is 0 Å². The molecule has 0 saturated carbocycles. The number of benzene rings is 3. The van der Waals surface area contributed by atoms with E-state index in [9.17, 15) is 14.0 Å². The minimum absolute atomic E-state index is 0.112. The summed E-state index contributed by atoms with van der Waals surface area (Å²) in [5.74, 6) is 0.0165. The number of nitrogens with one attached hydrogen (secondary N) is 1. The number of nitrogens with zero attached hydrogens (tertiary/aromatic N) is 1. The lowest BCUT2D eigenvalue weighted by atomic mass is 10.0. The van der Waals surface area contributed by atoms with Gasteiger partial charge in [0.15, 0.2) is 0 Å². The van der Waals surface area contributed by atoms with Crippen LogP contribution in [0.5, 0.6) is 5.75 Å². The van der Waals surface area contributed by atoms with Crippen molar-refractivity contribution >= 4 is 16.8 Å². The topological polar surface area (TPSA) is 62.4 Å². The predicted molar refractivity (Wildman–Crippen MR) is 127 cm³/mol. The summed E-state index contributed by atoms with van der Waals surface area (Å²) in [5, 5.41) is 0.939. The second kappa shape index (κ2) is 9.28. The number of halogens is 1. The zero-order valence-corrected chi connectivity index (χ0v) is 18.8. The summed E-state index contributed by atoms with van der Waals surface area (Å²) in [7, 11) is 1.59. The van der Waals surface area contributed by atoms with Crippen LogP contribution in [0.1, 0.15) is 32.6 Å². The highest BCUT2D eigenvalue weighted by atomic mass is 19.1. The number of rotatable bonds is 6. The average Bonchev–Trinajstić information content (AvgIpc) is 2.80. The van der Waals surface area contributed by atoms with E-state index in [1.807, 2.05) is 50.2 Å². The molecule has 6 heteroatoms. The number of aromatic nitrogens is 1. The molecule has 0 unspecified atom stereocenters. The maximum Gasteiger partial charge on any atom is 0.254 e. The summed E-state index contributed by atoms with van der Waals surface area (Å²) in [6, 6.07) is 18.7. The standard InChI is InChI=1S/C27H25FN2O3/c1-17-12-18(2)24-14-21(26(31)29-25(24)13-17)16-30(15-19-4-10-23(33-3)11-5-19)27(32)20-6-8-22(28)9-7-20/h4-14H,15-16H2,1-3H3,(H,29,31). The summed E-state index contributed by atoms with van der Waals surface area (Å²) < 4.78 is 18.6. The lowest BCUT2D eigenvalue weighted by Gasteiger charge is -2.23. The number of pyridine rings is 1. The van der Waals surface area contributed by atoms with Crippen molar-refractivity contribution in [3.63, 3.8) is 0 Å².